The van der Waals surface area contributed by atoms with E-state index in [0.29, 0.717) is 5.52 Å². The molecule has 0 saturated heterocycles. The lowest BCUT2D eigenvalue weighted by Gasteiger charge is -1.93. The smallest absolute Gasteiger partial charge is 0.255 e. The van der Waals surface area contributed by atoms with E-state index >= 15 is 0 Å². The Labute approximate surface area is 80.2 Å². The Kier molecular flexibility index (Phi) is 1.96. The molecular weight excluding hydrogens is 183 g/mol. The van der Waals surface area contributed by atoms with Crippen LogP contribution in [0.3, 0.4) is 0 Å². The van der Waals surface area contributed by atoms with Crippen LogP contribution >= 0.6 is 0 Å². The molecule has 0 unspecified atom stereocenters. The second-order valence-electron chi connectivity index (χ2n) is 2.93. The Balaban J connectivity index is 2.68. The lowest BCUT2D eigenvalue weighted by atomic mass is 10.3. The number of amides is 1. The average molecular weight is 192 g/mol. The maximum atomic E-state index is 13.6. The lowest BCUT2D eigenvalue weighted by molar-refractivity contribution is 0.0959. The molecule has 0 aliphatic heterocycles. The molecule has 0 atom stereocenters. The van der Waals surface area contributed by atoms with Gasteiger partial charge in [-0.05, 0) is 12.1 Å². The number of hydrogen-bond acceptors (Lipinski definition) is 1. The molecule has 14 heavy (non-hydrogen) atoms. The van der Waals surface area contributed by atoms with E-state index in [2.05, 4.69) is 5.32 Å². The van der Waals surface area contributed by atoms with Gasteiger partial charge in [-0.25, -0.2) is 4.39 Å². The Morgan fingerprint density at radius 2 is 2.29 bits per heavy atom. The van der Waals surface area contributed by atoms with Gasteiger partial charge >= 0.3 is 0 Å². The molecule has 0 fully saturated rings. The number of fused-ring (bicyclic) bond motifs is 1. The zero-order valence-electron chi connectivity index (χ0n) is 7.62. The third-order valence-electron chi connectivity index (χ3n) is 2.09. The predicted molar refractivity (Wildman–Crippen MR) is 50.7 cm³/mol. The minimum absolute atomic E-state index is 0.0682. The van der Waals surface area contributed by atoms with Crippen LogP contribution in [0.2, 0.25) is 0 Å². The topological polar surface area (TPSA) is 33.5 Å². The van der Waals surface area contributed by atoms with Gasteiger partial charge in [0.2, 0.25) is 0 Å². The van der Waals surface area contributed by atoms with Gasteiger partial charge in [-0.15, -0.1) is 0 Å². The van der Waals surface area contributed by atoms with Crippen LogP contribution in [0.4, 0.5) is 4.39 Å². The number of pyridine rings is 1. The molecule has 0 aliphatic carbocycles. The zero-order chi connectivity index (χ0) is 10.1. The number of aromatic nitrogens is 1. The Bertz CT molecular complexity index is 490. The van der Waals surface area contributed by atoms with Gasteiger partial charge < -0.3 is 9.72 Å². The van der Waals surface area contributed by atoms with E-state index in [1.54, 1.807) is 28.8 Å². The van der Waals surface area contributed by atoms with Crippen molar-refractivity contribution in [2.45, 2.75) is 0 Å². The maximum absolute atomic E-state index is 13.6. The van der Waals surface area contributed by atoms with E-state index in [4.69, 9.17) is 0 Å². The summed E-state index contributed by atoms with van der Waals surface area (Å²) < 4.78 is 15.2. The standard InChI is InChI=1S/C10H9FN2O/c1-12-10(14)7-6-13-5-3-2-4-8(13)9(7)11/h2-6H,1H3,(H,12,14). The Morgan fingerprint density at radius 1 is 1.50 bits per heavy atom. The second kappa shape index (κ2) is 3.14. The van der Waals surface area contributed by atoms with Crippen LogP contribution in [0, 0.1) is 5.82 Å². The number of rotatable bonds is 1. The van der Waals surface area contributed by atoms with Crippen LogP contribution in [0.5, 0.6) is 0 Å². The summed E-state index contributed by atoms with van der Waals surface area (Å²) in [6.07, 6.45) is 3.17. The summed E-state index contributed by atoms with van der Waals surface area (Å²) in [7, 11) is 1.48. The first-order valence-electron chi connectivity index (χ1n) is 4.21. The molecule has 0 bridgehead atoms. The molecule has 1 N–H and O–H groups in total. The molecule has 4 heteroatoms. The van der Waals surface area contributed by atoms with Crippen LogP contribution in [0.1, 0.15) is 10.4 Å². The molecule has 0 radical (unpaired) electrons. The summed E-state index contributed by atoms with van der Waals surface area (Å²) in [6, 6.07) is 5.13. The molecule has 0 aromatic carbocycles. The molecule has 0 aliphatic rings. The van der Waals surface area contributed by atoms with E-state index < -0.39 is 11.7 Å². The fraction of sp³-hybridized carbons (Fsp3) is 0.100. The highest BCUT2D eigenvalue weighted by Crippen LogP contribution is 2.15. The molecule has 3 nitrogen and oxygen atoms in total. The van der Waals surface area contributed by atoms with Gasteiger partial charge in [0, 0.05) is 19.4 Å². The SMILES string of the molecule is CNC(=O)c1cn2ccccc2c1F. The first kappa shape index (κ1) is 8.74. The van der Waals surface area contributed by atoms with Crippen molar-refractivity contribution in [3.63, 3.8) is 0 Å². The quantitative estimate of drug-likeness (QED) is 0.728. The fourth-order valence-corrected chi connectivity index (χ4v) is 1.38. The third-order valence-corrected chi connectivity index (χ3v) is 2.09. The summed E-state index contributed by atoms with van der Waals surface area (Å²) in [5.41, 5.74) is 0.477. The first-order chi connectivity index (χ1) is 6.74. The second-order valence-corrected chi connectivity index (χ2v) is 2.93. The molecular formula is C10H9FN2O. The summed E-state index contributed by atoms with van der Waals surface area (Å²) in [6.45, 7) is 0. The van der Waals surface area contributed by atoms with Crippen molar-refractivity contribution in [3.05, 3.63) is 42.0 Å². The van der Waals surface area contributed by atoms with E-state index in [0.717, 1.165) is 0 Å². The highest BCUT2D eigenvalue weighted by atomic mass is 19.1. The molecule has 0 spiro atoms. The van der Waals surface area contributed by atoms with Crippen molar-refractivity contribution >= 4 is 11.4 Å². The lowest BCUT2D eigenvalue weighted by Crippen LogP contribution is -2.18. The predicted octanol–water partition coefficient (Wildman–Crippen LogP) is 1.44. The number of carbonyl (C=O) groups excluding carboxylic acids is 1. The number of hydrogen-bond donors (Lipinski definition) is 1. The van der Waals surface area contributed by atoms with Gasteiger partial charge in [0.1, 0.15) is 0 Å². The van der Waals surface area contributed by atoms with Crippen molar-refractivity contribution in [1.82, 2.24) is 9.72 Å². The van der Waals surface area contributed by atoms with Gasteiger partial charge in [0.05, 0.1) is 11.1 Å². The Morgan fingerprint density at radius 3 is 2.93 bits per heavy atom. The minimum Gasteiger partial charge on any atom is -0.355 e. The van der Waals surface area contributed by atoms with E-state index in [-0.39, 0.29) is 5.56 Å². The largest absolute Gasteiger partial charge is 0.355 e. The van der Waals surface area contributed by atoms with Crippen LogP contribution in [0.25, 0.3) is 5.52 Å². The normalized spacial score (nSPS) is 10.4. The molecule has 1 amide bonds. The first-order valence-corrected chi connectivity index (χ1v) is 4.21. The number of nitrogens with zero attached hydrogens (tertiary/aromatic N) is 1. The van der Waals surface area contributed by atoms with Crippen molar-refractivity contribution in [1.29, 1.82) is 0 Å². The number of nitrogens with one attached hydrogen (secondary N) is 1. The van der Waals surface area contributed by atoms with Crippen molar-refractivity contribution < 1.29 is 9.18 Å². The maximum Gasteiger partial charge on any atom is 0.255 e. The average Bonchev–Trinajstić information content (AvgIpc) is 2.56. The van der Waals surface area contributed by atoms with E-state index in [1.807, 2.05) is 0 Å². The summed E-state index contributed by atoms with van der Waals surface area (Å²) in [4.78, 5) is 11.2. The van der Waals surface area contributed by atoms with Crippen LogP contribution in [-0.2, 0) is 0 Å². The minimum atomic E-state index is -0.482. The summed E-state index contributed by atoms with van der Waals surface area (Å²) in [5.74, 6) is -0.892. The molecule has 2 aromatic heterocycles. The third kappa shape index (κ3) is 1.16. The summed E-state index contributed by atoms with van der Waals surface area (Å²) in [5, 5.41) is 2.39. The van der Waals surface area contributed by atoms with Crippen molar-refractivity contribution in [3.8, 4) is 0 Å². The van der Waals surface area contributed by atoms with Crippen LogP contribution in [0.15, 0.2) is 30.6 Å². The van der Waals surface area contributed by atoms with E-state index in [1.165, 1.54) is 13.2 Å². The molecule has 2 heterocycles. The fourth-order valence-electron chi connectivity index (χ4n) is 1.38. The van der Waals surface area contributed by atoms with Gasteiger partial charge in [0.25, 0.3) is 5.91 Å². The van der Waals surface area contributed by atoms with E-state index in [9.17, 15) is 9.18 Å². The molecule has 0 saturated carbocycles. The highest BCUT2D eigenvalue weighted by Gasteiger charge is 2.15. The van der Waals surface area contributed by atoms with Gasteiger partial charge in [-0.1, -0.05) is 6.07 Å². The molecule has 72 valence electrons. The van der Waals surface area contributed by atoms with Crippen molar-refractivity contribution in [2.24, 2.45) is 0 Å². The molecule has 2 aromatic rings. The monoisotopic (exact) mass is 192 g/mol. The van der Waals surface area contributed by atoms with Gasteiger partial charge in [0.15, 0.2) is 5.82 Å². The molecule has 2 rings (SSSR count). The van der Waals surface area contributed by atoms with Gasteiger partial charge in [-0.2, -0.15) is 0 Å². The highest BCUT2D eigenvalue weighted by molar-refractivity contribution is 5.95. The van der Waals surface area contributed by atoms with Crippen molar-refractivity contribution in [2.75, 3.05) is 7.05 Å². The summed E-state index contributed by atoms with van der Waals surface area (Å²) >= 11 is 0. The Hall–Kier alpha value is -1.84. The number of carbonyl (C=O) groups is 1. The van der Waals surface area contributed by atoms with Gasteiger partial charge in [-0.3, -0.25) is 4.79 Å². The van der Waals surface area contributed by atoms with Crippen LogP contribution < -0.4 is 5.32 Å². The zero-order valence-corrected chi connectivity index (χ0v) is 7.62. The van der Waals surface area contributed by atoms with Crippen LogP contribution in [-0.4, -0.2) is 17.4 Å². The number of halogens is 1.